The van der Waals surface area contributed by atoms with Gasteiger partial charge in [0.1, 0.15) is 0 Å². The lowest BCUT2D eigenvalue weighted by Gasteiger charge is -2.21. The van der Waals surface area contributed by atoms with Gasteiger partial charge in [-0.05, 0) is 44.2 Å². The minimum Gasteiger partial charge on any atom is -0.372 e. The lowest BCUT2D eigenvalue weighted by molar-refractivity contribution is 0.0561. The second kappa shape index (κ2) is 7.02. The van der Waals surface area contributed by atoms with Crippen molar-refractivity contribution in [2.75, 3.05) is 23.3 Å². The van der Waals surface area contributed by atoms with E-state index in [2.05, 4.69) is 29.2 Å². The lowest BCUT2D eigenvalue weighted by atomic mass is 10.2. The molecule has 0 fully saturated rings. The third-order valence-electron chi connectivity index (χ3n) is 3.29. The SMILES string of the molecule is CCN(CC)c1ccc(NC(=O)c2ccn(C(F)F)n2)cc1. The number of benzene rings is 1. The number of rotatable bonds is 6. The zero-order chi connectivity index (χ0) is 16.1. The molecule has 1 aromatic carbocycles. The van der Waals surface area contributed by atoms with E-state index in [0.29, 0.717) is 10.4 Å². The first-order valence-electron chi connectivity index (χ1n) is 7.04. The largest absolute Gasteiger partial charge is 0.372 e. The Morgan fingerprint density at radius 2 is 1.86 bits per heavy atom. The second-order valence-corrected chi connectivity index (χ2v) is 4.63. The number of carbonyl (C=O) groups excluding carboxylic acids is 1. The Labute approximate surface area is 127 Å². The Morgan fingerprint density at radius 3 is 2.36 bits per heavy atom. The van der Waals surface area contributed by atoms with Crippen molar-refractivity contribution in [1.82, 2.24) is 9.78 Å². The van der Waals surface area contributed by atoms with Crippen LogP contribution in [0.15, 0.2) is 36.5 Å². The van der Waals surface area contributed by atoms with Crippen LogP contribution >= 0.6 is 0 Å². The summed E-state index contributed by atoms with van der Waals surface area (Å²) in [4.78, 5) is 14.1. The Kier molecular flexibility index (Phi) is 5.08. The van der Waals surface area contributed by atoms with Gasteiger partial charge in [-0.1, -0.05) is 0 Å². The predicted octanol–water partition coefficient (Wildman–Crippen LogP) is 3.38. The van der Waals surface area contributed by atoms with E-state index in [1.165, 1.54) is 6.07 Å². The molecule has 22 heavy (non-hydrogen) atoms. The number of hydrogen-bond acceptors (Lipinski definition) is 3. The molecule has 0 aliphatic heterocycles. The van der Waals surface area contributed by atoms with Crippen LogP contribution in [0.4, 0.5) is 20.2 Å². The van der Waals surface area contributed by atoms with Crippen molar-refractivity contribution in [2.24, 2.45) is 0 Å². The number of nitrogens with zero attached hydrogens (tertiary/aromatic N) is 3. The zero-order valence-electron chi connectivity index (χ0n) is 12.5. The minimum atomic E-state index is -2.75. The third kappa shape index (κ3) is 3.60. The average molecular weight is 308 g/mol. The van der Waals surface area contributed by atoms with Gasteiger partial charge in [0, 0.05) is 30.7 Å². The van der Waals surface area contributed by atoms with Gasteiger partial charge in [0.2, 0.25) is 0 Å². The Morgan fingerprint density at radius 1 is 1.23 bits per heavy atom. The van der Waals surface area contributed by atoms with Gasteiger partial charge in [0.25, 0.3) is 5.91 Å². The molecule has 0 spiro atoms. The molecule has 1 N–H and O–H groups in total. The maximum atomic E-state index is 12.4. The van der Waals surface area contributed by atoms with E-state index in [9.17, 15) is 13.6 Å². The number of hydrogen-bond donors (Lipinski definition) is 1. The van der Waals surface area contributed by atoms with Crippen molar-refractivity contribution in [2.45, 2.75) is 20.4 Å². The monoisotopic (exact) mass is 308 g/mol. The van der Waals surface area contributed by atoms with Gasteiger partial charge in [0.05, 0.1) is 0 Å². The topological polar surface area (TPSA) is 50.2 Å². The van der Waals surface area contributed by atoms with Gasteiger partial charge in [-0.15, -0.1) is 0 Å². The summed E-state index contributed by atoms with van der Waals surface area (Å²) in [6.45, 7) is 3.17. The zero-order valence-corrected chi connectivity index (χ0v) is 12.5. The van der Waals surface area contributed by atoms with Gasteiger partial charge in [0.15, 0.2) is 5.69 Å². The van der Waals surface area contributed by atoms with Crippen molar-refractivity contribution in [3.8, 4) is 0 Å². The molecule has 1 amide bonds. The van der Waals surface area contributed by atoms with Crippen LogP contribution in [0.2, 0.25) is 0 Å². The van der Waals surface area contributed by atoms with Crippen LogP contribution in [0.1, 0.15) is 30.9 Å². The first-order chi connectivity index (χ1) is 10.5. The molecule has 0 unspecified atom stereocenters. The number of nitrogens with one attached hydrogen (secondary N) is 1. The lowest BCUT2D eigenvalue weighted by Crippen LogP contribution is -2.21. The highest BCUT2D eigenvalue weighted by atomic mass is 19.3. The summed E-state index contributed by atoms with van der Waals surface area (Å²) < 4.78 is 25.3. The molecule has 1 aromatic heterocycles. The molecule has 0 saturated carbocycles. The number of amides is 1. The van der Waals surface area contributed by atoms with Crippen molar-refractivity contribution in [3.63, 3.8) is 0 Å². The van der Waals surface area contributed by atoms with E-state index in [1.54, 1.807) is 12.1 Å². The molecular formula is C15H18F2N4O. The van der Waals surface area contributed by atoms with Crippen LogP contribution in [-0.4, -0.2) is 28.8 Å². The first kappa shape index (κ1) is 15.9. The van der Waals surface area contributed by atoms with Crippen LogP contribution in [0.5, 0.6) is 0 Å². The summed E-state index contributed by atoms with van der Waals surface area (Å²) in [6, 6.07) is 8.61. The number of anilines is 2. The average Bonchev–Trinajstić information content (AvgIpc) is 3.00. The molecule has 118 valence electrons. The Hall–Kier alpha value is -2.44. The van der Waals surface area contributed by atoms with E-state index in [1.807, 2.05) is 12.1 Å². The fraction of sp³-hybridized carbons (Fsp3) is 0.333. The summed E-state index contributed by atoms with van der Waals surface area (Å²) in [7, 11) is 0. The summed E-state index contributed by atoms with van der Waals surface area (Å²) in [6.07, 6.45) is 1.07. The number of aromatic nitrogens is 2. The molecule has 2 aromatic rings. The highest BCUT2D eigenvalue weighted by Crippen LogP contribution is 2.18. The van der Waals surface area contributed by atoms with Gasteiger partial charge >= 0.3 is 6.55 Å². The van der Waals surface area contributed by atoms with E-state index in [4.69, 9.17) is 0 Å². The molecule has 7 heteroatoms. The summed E-state index contributed by atoms with van der Waals surface area (Å²) in [5.74, 6) is -0.519. The third-order valence-corrected chi connectivity index (χ3v) is 3.29. The number of carbonyl (C=O) groups is 1. The van der Waals surface area contributed by atoms with Gasteiger partial charge in [-0.3, -0.25) is 4.79 Å². The molecule has 0 bridgehead atoms. The van der Waals surface area contributed by atoms with Crippen LogP contribution < -0.4 is 10.2 Å². The fourth-order valence-corrected chi connectivity index (χ4v) is 2.11. The molecule has 0 atom stereocenters. The van der Waals surface area contributed by atoms with E-state index in [0.717, 1.165) is 25.0 Å². The smallest absolute Gasteiger partial charge is 0.333 e. The standard InChI is InChI=1S/C15H18F2N4O/c1-3-20(4-2)12-7-5-11(6-8-12)18-14(22)13-9-10-21(19-13)15(16)17/h5-10,15H,3-4H2,1-2H3,(H,18,22). The van der Waals surface area contributed by atoms with Gasteiger partial charge < -0.3 is 10.2 Å². The van der Waals surface area contributed by atoms with E-state index in [-0.39, 0.29) is 5.69 Å². The highest BCUT2D eigenvalue weighted by Gasteiger charge is 2.13. The molecule has 5 nitrogen and oxygen atoms in total. The molecule has 0 aliphatic carbocycles. The normalized spacial score (nSPS) is 10.8. The predicted molar refractivity (Wildman–Crippen MR) is 81.4 cm³/mol. The molecule has 0 saturated heterocycles. The van der Waals surface area contributed by atoms with Crippen LogP contribution in [0, 0.1) is 0 Å². The highest BCUT2D eigenvalue weighted by molar-refractivity contribution is 6.02. The van der Waals surface area contributed by atoms with Crippen LogP contribution in [0.25, 0.3) is 0 Å². The van der Waals surface area contributed by atoms with Crippen molar-refractivity contribution < 1.29 is 13.6 Å². The van der Waals surface area contributed by atoms with E-state index >= 15 is 0 Å². The maximum Gasteiger partial charge on any atom is 0.333 e. The van der Waals surface area contributed by atoms with Crippen molar-refractivity contribution in [3.05, 3.63) is 42.2 Å². The minimum absolute atomic E-state index is 0.0480. The second-order valence-electron chi connectivity index (χ2n) is 4.63. The molecular weight excluding hydrogens is 290 g/mol. The first-order valence-corrected chi connectivity index (χ1v) is 7.04. The quantitative estimate of drug-likeness (QED) is 0.890. The van der Waals surface area contributed by atoms with E-state index < -0.39 is 12.5 Å². The molecule has 2 rings (SSSR count). The summed E-state index contributed by atoms with van der Waals surface area (Å²) in [5.41, 5.74) is 1.60. The molecule has 1 heterocycles. The van der Waals surface area contributed by atoms with Crippen molar-refractivity contribution >= 4 is 17.3 Å². The van der Waals surface area contributed by atoms with Crippen molar-refractivity contribution in [1.29, 1.82) is 0 Å². The summed E-state index contributed by atoms with van der Waals surface area (Å²) in [5, 5.41) is 6.16. The maximum absolute atomic E-state index is 12.4. The fourth-order valence-electron chi connectivity index (χ4n) is 2.11. The Bertz CT molecular complexity index is 621. The van der Waals surface area contributed by atoms with Gasteiger partial charge in [-0.25, -0.2) is 4.68 Å². The van der Waals surface area contributed by atoms with Gasteiger partial charge in [-0.2, -0.15) is 13.9 Å². The number of alkyl halides is 2. The summed E-state index contributed by atoms with van der Waals surface area (Å²) >= 11 is 0. The molecule has 0 aliphatic rings. The Balaban J connectivity index is 2.05. The van der Waals surface area contributed by atoms with Crippen LogP contribution in [-0.2, 0) is 0 Å². The van der Waals surface area contributed by atoms with Crippen LogP contribution in [0.3, 0.4) is 0 Å². The number of halogens is 2. The molecule has 0 radical (unpaired) electrons.